The van der Waals surface area contributed by atoms with Gasteiger partial charge in [-0.3, -0.25) is 4.79 Å². The van der Waals surface area contributed by atoms with Crippen molar-refractivity contribution in [2.45, 2.75) is 20.4 Å². The maximum Gasteiger partial charge on any atom is 0.283 e. The lowest BCUT2D eigenvalue weighted by molar-refractivity contribution is 0.0994. The van der Waals surface area contributed by atoms with Crippen LogP contribution in [0.2, 0.25) is 0 Å². The summed E-state index contributed by atoms with van der Waals surface area (Å²) in [5, 5.41) is 0. The Morgan fingerprint density at radius 2 is 1.89 bits per heavy atom. The summed E-state index contributed by atoms with van der Waals surface area (Å²) in [6.07, 6.45) is 0. The number of aromatic nitrogens is 1. The summed E-state index contributed by atoms with van der Waals surface area (Å²) in [7, 11) is 4.75. The van der Waals surface area contributed by atoms with E-state index in [2.05, 4.69) is 31.0 Å². The topological polar surface area (TPSA) is 62.1 Å². The Hall–Kier alpha value is -2.64. The summed E-state index contributed by atoms with van der Waals surface area (Å²) in [4.78, 5) is 18.0. The van der Waals surface area contributed by atoms with Crippen LogP contribution in [0.1, 0.15) is 21.5 Å². The molecule has 0 saturated heterocycles. The van der Waals surface area contributed by atoms with Gasteiger partial charge in [-0.05, 0) is 49.2 Å². The number of aryl methyl sites for hydroxylation is 2. The molecule has 0 aliphatic rings. The minimum Gasteiger partial charge on any atom is -0.497 e. The molecule has 0 atom stereocenters. The van der Waals surface area contributed by atoms with Crippen molar-refractivity contribution in [2.75, 3.05) is 27.9 Å². The lowest BCUT2D eigenvalue weighted by Gasteiger charge is -2.08. The van der Waals surface area contributed by atoms with Crippen molar-refractivity contribution in [3.63, 3.8) is 0 Å². The zero-order valence-electron chi connectivity index (χ0n) is 16.7. The van der Waals surface area contributed by atoms with E-state index in [9.17, 15) is 4.79 Å². The van der Waals surface area contributed by atoms with Crippen molar-refractivity contribution in [1.29, 1.82) is 0 Å². The quantitative estimate of drug-likeness (QED) is 0.633. The standard InChI is InChI=1S/C21H24N2O4S/c1-13-10-14(2)19-17(11-13)23(8-9-25-3)21(28-19)22-20(24)16-12-15(26-4)6-7-18(16)27-5/h6-7,10-12H,8-9H2,1-5H3. The molecule has 0 fully saturated rings. The minimum absolute atomic E-state index is 0.366. The van der Waals surface area contributed by atoms with Crippen LogP contribution in [0.15, 0.2) is 35.3 Å². The van der Waals surface area contributed by atoms with Crippen LogP contribution in [-0.2, 0) is 11.3 Å². The number of carbonyl (C=O) groups is 1. The van der Waals surface area contributed by atoms with E-state index >= 15 is 0 Å². The molecule has 148 valence electrons. The molecule has 7 heteroatoms. The van der Waals surface area contributed by atoms with E-state index in [1.165, 1.54) is 29.6 Å². The average molecular weight is 401 g/mol. The van der Waals surface area contributed by atoms with Crippen molar-refractivity contribution in [1.82, 2.24) is 4.57 Å². The Morgan fingerprint density at radius 3 is 2.57 bits per heavy atom. The first-order valence-electron chi connectivity index (χ1n) is 8.89. The van der Waals surface area contributed by atoms with Gasteiger partial charge in [0, 0.05) is 13.7 Å². The van der Waals surface area contributed by atoms with Crippen LogP contribution < -0.4 is 14.3 Å². The third kappa shape index (κ3) is 3.95. The maximum absolute atomic E-state index is 13.0. The summed E-state index contributed by atoms with van der Waals surface area (Å²) >= 11 is 1.50. The van der Waals surface area contributed by atoms with E-state index < -0.39 is 0 Å². The SMILES string of the molecule is COCCn1c(=NC(=O)c2cc(OC)ccc2OC)sc2c(C)cc(C)cc21. The van der Waals surface area contributed by atoms with Crippen molar-refractivity contribution >= 4 is 27.5 Å². The molecule has 0 aliphatic carbocycles. The van der Waals surface area contributed by atoms with Gasteiger partial charge in [0.1, 0.15) is 11.5 Å². The van der Waals surface area contributed by atoms with Gasteiger partial charge in [0.25, 0.3) is 5.91 Å². The largest absolute Gasteiger partial charge is 0.497 e. The van der Waals surface area contributed by atoms with Crippen LogP contribution in [0, 0.1) is 13.8 Å². The number of nitrogens with zero attached hydrogens (tertiary/aromatic N) is 2. The molecule has 0 unspecified atom stereocenters. The first-order valence-corrected chi connectivity index (χ1v) is 9.70. The maximum atomic E-state index is 13.0. The minimum atomic E-state index is -0.372. The van der Waals surface area contributed by atoms with Crippen LogP contribution in [0.5, 0.6) is 11.5 Å². The first kappa shape index (κ1) is 20.1. The fourth-order valence-electron chi connectivity index (χ4n) is 3.12. The molecule has 0 N–H and O–H groups in total. The summed E-state index contributed by atoms with van der Waals surface area (Å²) < 4.78 is 19.0. The molecule has 0 aliphatic heterocycles. The number of benzene rings is 2. The summed E-state index contributed by atoms with van der Waals surface area (Å²) in [6.45, 7) is 5.28. The van der Waals surface area contributed by atoms with E-state index in [4.69, 9.17) is 14.2 Å². The summed E-state index contributed by atoms with van der Waals surface area (Å²) in [5.74, 6) is 0.670. The van der Waals surface area contributed by atoms with Gasteiger partial charge < -0.3 is 18.8 Å². The smallest absolute Gasteiger partial charge is 0.283 e. The lowest BCUT2D eigenvalue weighted by atomic mass is 10.1. The Bertz CT molecular complexity index is 1080. The van der Waals surface area contributed by atoms with Crippen LogP contribution in [-0.4, -0.2) is 38.4 Å². The Labute approximate surface area is 168 Å². The lowest BCUT2D eigenvalue weighted by Crippen LogP contribution is -2.19. The monoisotopic (exact) mass is 400 g/mol. The number of amides is 1. The number of hydrogen-bond donors (Lipinski definition) is 0. The van der Waals surface area contributed by atoms with Gasteiger partial charge in [0.05, 0.1) is 36.6 Å². The molecule has 0 radical (unpaired) electrons. The molecular weight excluding hydrogens is 376 g/mol. The normalized spacial score (nSPS) is 11.8. The summed E-state index contributed by atoms with van der Waals surface area (Å²) in [5.41, 5.74) is 3.76. The third-order valence-electron chi connectivity index (χ3n) is 4.47. The number of thiazole rings is 1. The van der Waals surface area contributed by atoms with Gasteiger partial charge in [-0.2, -0.15) is 4.99 Å². The van der Waals surface area contributed by atoms with E-state index in [1.54, 1.807) is 32.4 Å². The number of ether oxygens (including phenoxy) is 3. The number of hydrogen-bond acceptors (Lipinski definition) is 5. The molecule has 0 spiro atoms. The van der Waals surface area contributed by atoms with Gasteiger partial charge in [0.2, 0.25) is 0 Å². The van der Waals surface area contributed by atoms with Crippen LogP contribution in [0.3, 0.4) is 0 Å². The van der Waals surface area contributed by atoms with Crippen LogP contribution in [0.25, 0.3) is 10.2 Å². The molecule has 6 nitrogen and oxygen atoms in total. The predicted molar refractivity (Wildman–Crippen MR) is 111 cm³/mol. The summed E-state index contributed by atoms with van der Waals surface area (Å²) in [6, 6.07) is 9.35. The van der Waals surface area contributed by atoms with Gasteiger partial charge in [-0.25, -0.2) is 0 Å². The van der Waals surface area contributed by atoms with Crippen molar-refractivity contribution < 1.29 is 19.0 Å². The fraction of sp³-hybridized carbons (Fsp3) is 0.333. The van der Waals surface area contributed by atoms with E-state index in [0.29, 0.717) is 35.0 Å². The first-order chi connectivity index (χ1) is 13.5. The second-order valence-electron chi connectivity index (χ2n) is 6.44. The highest BCUT2D eigenvalue weighted by Gasteiger charge is 2.15. The van der Waals surface area contributed by atoms with Crippen LogP contribution >= 0.6 is 11.3 Å². The number of methoxy groups -OCH3 is 3. The van der Waals surface area contributed by atoms with Gasteiger partial charge >= 0.3 is 0 Å². The zero-order chi connectivity index (χ0) is 20.3. The molecule has 1 heterocycles. The highest BCUT2D eigenvalue weighted by atomic mass is 32.1. The second kappa shape index (κ2) is 8.58. The second-order valence-corrected chi connectivity index (χ2v) is 7.42. The Balaban J connectivity index is 2.18. The van der Waals surface area contributed by atoms with Crippen molar-refractivity contribution in [2.24, 2.45) is 4.99 Å². The van der Waals surface area contributed by atoms with E-state index in [1.807, 2.05) is 4.57 Å². The van der Waals surface area contributed by atoms with Crippen molar-refractivity contribution in [3.8, 4) is 11.5 Å². The molecule has 3 aromatic rings. The van der Waals surface area contributed by atoms with Gasteiger partial charge in [0.15, 0.2) is 4.80 Å². The molecule has 1 aromatic heterocycles. The molecule has 0 saturated carbocycles. The number of fused-ring (bicyclic) bond motifs is 1. The molecule has 28 heavy (non-hydrogen) atoms. The number of carbonyl (C=O) groups excluding carboxylic acids is 1. The predicted octanol–water partition coefficient (Wildman–Crippen LogP) is 3.72. The van der Waals surface area contributed by atoms with E-state index in [-0.39, 0.29) is 5.91 Å². The Kier molecular flexibility index (Phi) is 6.16. The molecule has 0 bridgehead atoms. The Morgan fingerprint density at radius 1 is 1.11 bits per heavy atom. The van der Waals surface area contributed by atoms with Crippen LogP contribution in [0.4, 0.5) is 0 Å². The van der Waals surface area contributed by atoms with Gasteiger partial charge in [-0.15, -0.1) is 0 Å². The average Bonchev–Trinajstić information content (AvgIpc) is 3.03. The van der Waals surface area contributed by atoms with Gasteiger partial charge in [-0.1, -0.05) is 17.4 Å². The zero-order valence-corrected chi connectivity index (χ0v) is 17.6. The fourth-order valence-corrected chi connectivity index (χ4v) is 4.23. The third-order valence-corrected chi connectivity index (χ3v) is 5.70. The molecule has 1 amide bonds. The van der Waals surface area contributed by atoms with E-state index in [0.717, 1.165) is 10.2 Å². The van der Waals surface area contributed by atoms with Crippen molar-refractivity contribution in [3.05, 3.63) is 51.8 Å². The highest BCUT2D eigenvalue weighted by Crippen LogP contribution is 2.26. The number of rotatable bonds is 6. The molecular formula is C21H24N2O4S. The molecule has 3 rings (SSSR count). The molecule has 2 aromatic carbocycles. The highest BCUT2D eigenvalue weighted by molar-refractivity contribution is 7.16.